The van der Waals surface area contributed by atoms with Gasteiger partial charge in [-0.25, -0.2) is 0 Å². The highest BCUT2D eigenvalue weighted by Crippen LogP contribution is 2.17. The summed E-state index contributed by atoms with van der Waals surface area (Å²) in [5, 5.41) is 3.09. The predicted molar refractivity (Wildman–Crippen MR) is 78.8 cm³/mol. The van der Waals surface area contributed by atoms with Crippen LogP contribution in [0.3, 0.4) is 0 Å². The van der Waals surface area contributed by atoms with Crippen molar-refractivity contribution >= 4 is 11.5 Å². The van der Waals surface area contributed by atoms with E-state index in [1.165, 1.54) is 0 Å². The molecule has 4 heteroatoms. The minimum Gasteiger partial charge on any atom is -0.497 e. The maximum absolute atomic E-state index is 12.0. The van der Waals surface area contributed by atoms with Gasteiger partial charge >= 0.3 is 0 Å². The minimum absolute atomic E-state index is 0.0236. The summed E-state index contributed by atoms with van der Waals surface area (Å²) in [4.78, 5) is 12.0. The van der Waals surface area contributed by atoms with Gasteiger partial charge in [-0.05, 0) is 36.4 Å². The quantitative estimate of drug-likeness (QED) is 0.820. The number of ether oxygens (including phenoxy) is 2. The number of benzene rings is 2. The molecule has 2 rings (SSSR count). The van der Waals surface area contributed by atoms with Gasteiger partial charge in [0.25, 0.3) is 0 Å². The van der Waals surface area contributed by atoms with Crippen molar-refractivity contribution in [1.29, 1.82) is 0 Å². The lowest BCUT2D eigenvalue weighted by atomic mass is 10.1. The van der Waals surface area contributed by atoms with Crippen LogP contribution in [0.4, 0.5) is 5.69 Å². The Balaban J connectivity index is 1.97. The molecule has 0 bridgehead atoms. The van der Waals surface area contributed by atoms with Crippen molar-refractivity contribution in [3.05, 3.63) is 54.1 Å². The molecule has 0 radical (unpaired) electrons. The third kappa shape index (κ3) is 3.51. The summed E-state index contributed by atoms with van der Waals surface area (Å²) in [6, 6.07) is 14.5. The Morgan fingerprint density at radius 3 is 2.35 bits per heavy atom. The average molecular weight is 271 g/mol. The highest BCUT2D eigenvalue weighted by Gasteiger charge is 2.06. The van der Waals surface area contributed by atoms with E-state index in [2.05, 4.69) is 5.32 Å². The zero-order valence-electron chi connectivity index (χ0n) is 11.6. The Morgan fingerprint density at radius 2 is 1.70 bits per heavy atom. The van der Waals surface area contributed by atoms with E-state index in [1.807, 2.05) is 24.3 Å². The van der Waals surface area contributed by atoms with Gasteiger partial charge in [-0.15, -0.1) is 0 Å². The topological polar surface area (TPSA) is 47.6 Å². The van der Waals surface area contributed by atoms with E-state index >= 15 is 0 Å². The number of hydrogen-bond donors (Lipinski definition) is 1. The number of methoxy groups -OCH3 is 2. The van der Waals surface area contributed by atoms with E-state index in [4.69, 9.17) is 9.47 Å². The summed E-state index contributed by atoms with van der Waals surface area (Å²) >= 11 is 0. The number of nitrogens with one attached hydrogen (secondary N) is 1. The third-order valence-corrected chi connectivity index (χ3v) is 2.93. The smallest absolute Gasteiger partial charge is 0.181 e. The van der Waals surface area contributed by atoms with E-state index in [-0.39, 0.29) is 12.3 Å². The van der Waals surface area contributed by atoms with Gasteiger partial charge in [0.05, 0.1) is 20.8 Å². The lowest BCUT2D eigenvalue weighted by Gasteiger charge is -2.08. The van der Waals surface area contributed by atoms with Gasteiger partial charge in [-0.1, -0.05) is 6.07 Å². The van der Waals surface area contributed by atoms with Gasteiger partial charge in [0, 0.05) is 17.3 Å². The molecule has 2 aromatic carbocycles. The van der Waals surface area contributed by atoms with Crippen molar-refractivity contribution in [3.8, 4) is 11.5 Å². The number of carbonyl (C=O) groups is 1. The van der Waals surface area contributed by atoms with Crippen LogP contribution in [0.5, 0.6) is 11.5 Å². The fourth-order valence-electron chi connectivity index (χ4n) is 1.79. The third-order valence-electron chi connectivity index (χ3n) is 2.93. The molecule has 2 aromatic rings. The molecule has 0 saturated carbocycles. The van der Waals surface area contributed by atoms with Gasteiger partial charge in [-0.3, -0.25) is 4.79 Å². The van der Waals surface area contributed by atoms with E-state index in [0.717, 1.165) is 17.2 Å². The molecular weight excluding hydrogens is 254 g/mol. The van der Waals surface area contributed by atoms with Crippen LogP contribution in [-0.4, -0.2) is 26.5 Å². The Labute approximate surface area is 118 Å². The van der Waals surface area contributed by atoms with Crippen LogP contribution in [0.25, 0.3) is 0 Å². The molecule has 0 aromatic heterocycles. The van der Waals surface area contributed by atoms with Crippen LogP contribution in [0.15, 0.2) is 48.5 Å². The van der Waals surface area contributed by atoms with Crippen LogP contribution < -0.4 is 14.8 Å². The van der Waals surface area contributed by atoms with E-state index in [1.54, 1.807) is 38.5 Å². The van der Waals surface area contributed by atoms with Gasteiger partial charge in [0.1, 0.15) is 11.5 Å². The average Bonchev–Trinajstić information content (AvgIpc) is 2.53. The lowest BCUT2D eigenvalue weighted by molar-refractivity contribution is 0.101. The van der Waals surface area contributed by atoms with E-state index < -0.39 is 0 Å². The first kappa shape index (κ1) is 13.9. The van der Waals surface area contributed by atoms with Crippen LogP contribution >= 0.6 is 0 Å². The van der Waals surface area contributed by atoms with Crippen molar-refractivity contribution in [2.75, 3.05) is 26.1 Å². The van der Waals surface area contributed by atoms with E-state index in [0.29, 0.717) is 5.56 Å². The number of anilines is 1. The first-order valence-corrected chi connectivity index (χ1v) is 6.28. The molecule has 0 aliphatic carbocycles. The SMILES string of the molecule is COc1ccc(C(=O)CNc2cccc(OC)c2)cc1. The number of Topliss-reactive ketones (excluding diaryl/α,β-unsaturated/α-hetero) is 1. The van der Waals surface area contributed by atoms with Gasteiger partial charge < -0.3 is 14.8 Å². The van der Waals surface area contributed by atoms with Crippen molar-refractivity contribution < 1.29 is 14.3 Å². The lowest BCUT2D eigenvalue weighted by Crippen LogP contribution is -2.13. The monoisotopic (exact) mass is 271 g/mol. The maximum atomic E-state index is 12.0. The molecule has 0 unspecified atom stereocenters. The molecule has 1 N–H and O–H groups in total. The normalized spacial score (nSPS) is 9.90. The number of rotatable bonds is 6. The largest absolute Gasteiger partial charge is 0.497 e. The molecule has 0 atom stereocenters. The summed E-state index contributed by atoms with van der Waals surface area (Å²) < 4.78 is 10.2. The van der Waals surface area contributed by atoms with Gasteiger partial charge in [-0.2, -0.15) is 0 Å². The molecule has 104 valence electrons. The fraction of sp³-hybridized carbons (Fsp3) is 0.188. The summed E-state index contributed by atoms with van der Waals surface area (Å²) in [6.07, 6.45) is 0. The number of carbonyl (C=O) groups excluding carboxylic acids is 1. The van der Waals surface area contributed by atoms with E-state index in [9.17, 15) is 4.79 Å². The van der Waals surface area contributed by atoms with Gasteiger partial charge in [0.15, 0.2) is 5.78 Å². The number of hydrogen-bond acceptors (Lipinski definition) is 4. The summed E-state index contributed by atoms with van der Waals surface area (Å²) in [5.74, 6) is 1.52. The summed E-state index contributed by atoms with van der Waals surface area (Å²) in [6.45, 7) is 0.236. The van der Waals surface area contributed by atoms with Gasteiger partial charge in [0.2, 0.25) is 0 Å². The minimum atomic E-state index is 0.0236. The molecule has 0 spiro atoms. The van der Waals surface area contributed by atoms with Crippen LogP contribution in [-0.2, 0) is 0 Å². The Kier molecular flexibility index (Phi) is 4.60. The van der Waals surface area contributed by atoms with Crippen molar-refractivity contribution in [3.63, 3.8) is 0 Å². The van der Waals surface area contributed by atoms with Crippen molar-refractivity contribution in [2.45, 2.75) is 0 Å². The number of ketones is 1. The first-order valence-electron chi connectivity index (χ1n) is 6.28. The second-order valence-electron chi connectivity index (χ2n) is 4.24. The fourth-order valence-corrected chi connectivity index (χ4v) is 1.79. The zero-order chi connectivity index (χ0) is 14.4. The van der Waals surface area contributed by atoms with Crippen molar-refractivity contribution in [2.24, 2.45) is 0 Å². The van der Waals surface area contributed by atoms with Crippen molar-refractivity contribution in [1.82, 2.24) is 0 Å². The second kappa shape index (κ2) is 6.61. The molecule has 0 fully saturated rings. The molecule has 0 aliphatic rings. The van der Waals surface area contributed by atoms with Crippen LogP contribution in [0, 0.1) is 0 Å². The predicted octanol–water partition coefficient (Wildman–Crippen LogP) is 3.00. The molecular formula is C16H17NO3. The second-order valence-corrected chi connectivity index (χ2v) is 4.24. The summed E-state index contributed by atoms with van der Waals surface area (Å²) in [5.41, 5.74) is 1.51. The summed E-state index contributed by atoms with van der Waals surface area (Å²) in [7, 11) is 3.21. The molecule has 0 aliphatic heterocycles. The van der Waals surface area contributed by atoms with Crippen LogP contribution in [0.1, 0.15) is 10.4 Å². The zero-order valence-corrected chi connectivity index (χ0v) is 11.6. The highest BCUT2D eigenvalue weighted by atomic mass is 16.5. The Morgan fingerprint density at radius 1 is 1.00 bits per heavy atom. The molecule has 0 heterocycles. The maximum Gasteiger partial charge on any atom is 0.181 e. The molecule has 0 saturated heterocycles. The molecule has 20 heavy (non-hydrogen) atoms. The first-order chi connectivity index (χ1) is 9.72. The molecule has 0 amide bonds. The Bertz CT molecular complexity index is 579. The molecule has 4 nitrogen and oxygen atoms in total. The Hall–Kier alpha value is -2.49. The van der Waals surface area contributed by atoms with Crippen LogP contribution in [0.2, 0.25) is 0 Å². The highest BCUT2D eigenvalue weighted by molar-refractivity contribution is 5.99. The standard InChI is InChI=1S/C16H17NO3/c1-19-14-8-6-12(7-9-14)16(18)11-17-13-4-3-5-15(10-13)20-2/h3-10,17H,11H2,1-2H3.